The molecule has 3 nitrogen and oxygen atoms in total. The zero-order chi connectivity index (χ0) is 14.4. The summed E-state index contributed by atoms with van der Waals surface area (Å²) in [5.41, 5.74) is 7.56. The van der Waals surface area contributed by atoms with Gasteiger partial charge in [0, 0.05) is 12.5 Å². The molecule has 1 saturated carbocycles. The number of nitrogen functional groups attached to an aromatic ring is 1. The molecule has 20 heavy (non-hydrogen) atoms. The van der Waals surface area contributed by atoms with Gasteiger partial charge in [-0.25, -0.2) is 4.98 Å². The third-order valence-corrected chi connectivity index (χ3v) is 4.59. The Labute approximate surface area is 124 Å². The lowest BCUT2D eigenvalue weighted by atomic mass is 10.1. The topological polar surface area (TPSA) is 43.8 Å². The Balaban J connectivity index is 2.16. The van der Waals surface area contributed by atoms with E-state index in [1.807, 2.05) is 0 Å². The molecule has 0 atom stereocenters. The van der Waals surface area contributed by atoms with E-state index >= 15 is 0 Å². The molecule has 1 aromatic heterocycles. The van der Waals surface area contributed by atoms with Crippen LogP contribution in [0.2, 0.25) is 0 Å². The van der Waals surface area contributed by atoms with Gasteiger partial charge in [0.25, 0.3) is 0 Å². The van der Waals surface area contributed by atoms with Gasteiger partial charge in [0.1, 0.15) is 11.6 Å². The van der Waals surface area contributed by atoms with E-state index in [2.05, 4.69) is 18.4 Å². The second-order valence-electron chi connectivity index (χ2n) is 6.25. The fraction of sp³-hybridized carbons (Fsp3) is 0.824. The van der Waals surface area contributed by atoms with Crippen molar-refractivity contribution in [2.45, 2.75) is 90.5 Å². The largest absolute Gasteiger partial charge is 0.384 e. The number of aryl methyl sites for hydroxylation is 1. The molecule has 1 aliphatic carbocycles. The fourth-order valence-corrected chi connectivity index (χ4v) is 3.31. The maximum Gasteiger partial charge on any atom is 0.126 e. The lowest BCUT2D eigenvalue weighted by molar-refractivity contribution is 0.561. The van der Waals surface area contributed by atoms with Crippen LogP contribution in [0, 0.1) is 0 Å². The molecule has 0 radical (unpaired) electrons. The Bertz CT molecular complexity index is 403. The summed E-state index contributed by atoms with van der Waals surface area (Å²) in [5, 5.41) is 0. The van der Waals surface area contributed by atoms with Crippen LogP contribution in [0.5, 0.6) is 0 Å². The number of aromatic nitrogens is 2. The number of imidazole rings is 1. The first-order chi connectivity index (χ1) is 9.77. The van der Waals surface area contributed by atoms with E-state index in [4.69, 9.17) is 10.7 Å². The Morgan fingerprint density at radius 2 is 1.80 bits per heavy atom. The molecule has 0 aromatic carbocycles. The van der Waals surface area contributed by atoms with Crippen LogP contribution >= 0.6 is 0 Å². The molecule has 0 spiro atoms. The van der Waals surface area contributed by atoms with Gasteiger partial charge in [-0.1, -0.05) is 46.0 Å². The van der Waals surface area contributed by atoms with Gasteiger partial charge in [0.15, 0.2) is 0 Å². The van der Waals surface area contributed by atoms with Gasteiger partial charge in [0.2, 0.25) is 0 Å². The fourth-order valence-electron chi connectivity index (χ4n) is 3.31. The van der Waals surface area contributed by atoms with Gasteiger partial charge in [0.05, 0.1) is 5.69 Å². The van der Waals surface area contributed by atoms with E-state index in [0.717, 1.165) is 24.5 Å². The zero-order valence-corrected chi connectivity index (χ0v) is 13.3. The number of nitrogens with zero attached hydrogens (tertiary/aromatic N) is 2. The van der Waals surface area contributed by atoms with Crippen molar-refractivity contribution >= 4 is 5.82 Å². The first-order valence-electron chi connectivity index (χ1n) is 8.62. The van der Waals surface area contributed by atoms with Gasteiger partial charge in [-0.15, -0.1) is 0 Å². The third-order valence-electron chi connectivity index (χ3n) is 4.59. The molecule has 3 heteroatoms. The minimum absolute atomic E-state index is 0.661. The second-order valence-corrected chi connectivity index (χ2v) is 6.25. The van der Waals surface area contributed by atoms with Crippen LogP contribution < -0.4 is 5.73 Å². The summed E-state index contributed by atoms with van der Waals surface area (Å²) < 4.78 is 2.33. The molecule has 0 aliphatic heterocycles. The van der Waals surface area contributed by atoms with Crippen molar-refractivity contribution < 1.29 is 0 Å². The number of unbranched alkanes of at least 4 members (excludes halogenated alkanes) is 3. The van der Waals surface area contributed by atoms with Gasteiger partial charge in [-0.3, -0.25) is 0 Å². The molecule has 0 saturated heterocycles. The number of hydrogen-bond donors (Lipinski definition) is 1. The van der Waals surface area contributed by atoms with E-state index in [1.165, 1.54) is 63.6 Å². The normalized spacial score (nSPS) is 16.1. The van der Waals surface area contributed by atoms with Crippen LogP contribution in [0.15, 0.2) is 0 Å². The first kappa shape index (κ1) is 15.4. The van der Waals surface area contributed by atoms with Gasteiger partial charge in [-0.05, 0) is 32.1 Å². The molecule has 114 valence electrons. The van der Waals surface area contributed by atoms with Crippen LogP contribution in [-0.2, 0) is 13.0 Å². The zero-order valence-electron chi connectivity index (χ0n) is 13.3. The molecule has 2 N–H and O–H groups in total. The number of anilines is 1. The lowest BCUT2D eigenvalue weighted by Gasteiger charge is -2.13. The van der Waals surface area contributed by atoms with Crippen molar-refractivity contribution in [2.75, 3.05) is 5.73 Å². The molecule has 1 fully saturated rings. The summed E-state index contributed by atoms with van der Waals surface area (Å²) in [6.45, 7) is 5.53. The van der Waals surface area contributed by atoms with E-state index in [1.54, 1.807) is 0 Å². The average Bonchev–Trinajstić information content (AvgIpc) is 3.06. The molecule has 0 unspecified atom stereocenters. The minimum Gasteiger partial charge on any atom is -0.384 e. The van der Waals surface area contributed by atoms with E-state index in [9.17, 15) is 0 Å². The molecule has 0 bridgehead atoms. The third kappa shape index (κ3) is 3.56. The number of rotatable bonds is 8. The van der Waals surface area contributed by atoms with Crippen molar-refractivity contribution in [3.63, 3.8) is 0 Å². The Morgan fingerprint density at radius 1 is 1.10 bits per heavy atom. The summed E-state index contributed by atoms with van der Waals surface area (Å²) in [6.07, 6.45) is 12.5. The Morgan fingerprint density at radius 3 is 2.45 bits per heavy atom. The van der Waals surface area contributed by atoms with Crippen molar-refractivity contribution in [1.82, 2.24) is 9.55 Å². The van der Waals surface area contributed by atoms with Gasteiger partial charge >= 0.3 is 0 Å². The van der Waals surface area contributed by atoms with Crippen molar-refractivity contribution in [3.8, 4) is 0 Å². The predicted molar refractivity (Wildman–Crippen MR) is 86.0 cm³/mol. The first-order valence-corrected chi connectivity index (χ1v) is 8.62. The van der Waals surface area contributed by atoms with E-state index in [0.29, 0.717) is 5.92 Å². The van der Waals surface area contributed by atoms with Crippen LogP contribution in [0.25, 0.3) is 0 Å². The van der Waals surface area contributed by atoms with Crippen LogP contribution in [0.4, 0.5) is 5.82 Å². The maximum absolute atomic E-state index is 6.40. The monoisotopic (exact) mass is 277 g/mol. The van der Waals surface area contributed by atoms with Gasteiger partial charge < -0.3 is 10.3 Å². The molecule has 1 heterocycles. The summed E-state index contributed by atoms with van der Waals surface area (Å²) in [5.74, 6) is 2.91. The summed E-state index contributed by atoms with van der Waals surface area (Å²) >= 11 is 0. The highest BCUT2D eigenvalue weighted by Crippen LogP contribution is 2.35. The maximum atomic E-state index is 6.40. The molecular weight excluding hydrogens is 246 g/mol. The summed E-state index contributed by atoms with van der Waals surface area (Å²) in [6, 6.07) is 0. The van der Waals surface area contributed by atoms with Gasteiger partial charge in [-0.2, -0.15) is 0 Å². The minimum atomic E-state index is 0.661. The smallest absolute Gasteiger partial charge is 0.126 e. The van der Waals surface area contributed by atoms with Crippen molar-refractivity contribution in [1.29, 1.82) is 0 Å². The average molecular weight is 277 g/mol. The van der Waals surface area contributed by atoms with Crippen molar-refractivity contribution in [3.05, 3.63) is 11.5 Å². The van der Waals surface area contributed by atoms with Crippen LogP contribution in [-0.4, -0.2) is 9.55 Å². The highest BCUT2D eigenvalue weighted by Gasteiger charge is 2.24. The lowest BCUT2D eigenvalue weighted by Crippen LogP contribution is -2.10. The Hall–Kier alpha value is -0.990. The number of nitrogens with two attached hydrogens (primary N) is 1. The molecular formula is C17H31N3. The molecule has 1 aliphatic rings. The highest BCUT2D eigenvalue weighted by atomic mass is 15.1. The van der Waals surface area contributed by atoms with E-state index in [-0.39, 0.29) is 0 Å². The Kier molecular flexibility index (Phi) is 5.93. The number of hydrogen-bond acceptors (Lipinski definition) is 2. The quantitative estimate of drug-likeness (QED) is 0.702. The molecule has 2 rings (SSSR count). The second kappa shape index (κ2) is 7.70. The summed E-state index contributed by atoms with van der Waals surface area (Å²) in [4.78, 5) is 4.95. The van der Waals surface area contributed by atoms with Crippen molar-refractivity contribution in [2.24, 2.45) is 0 Å². The van der Waals surface area contributed by atoms with E-state index < -0.39 is 0 Å². The van der Waals surface area contributed by atoms with Crippen LogP contribution in [0.1, 0.15) is 89.1 Å². The van der Waals surface area contributed by atoms with Crippen LogP contribution in [0.3, 0.4) is 0 Å². The predicted octanol–water partition coefficient (Wildman–Crippen LogP) is 4.66. The highest BCUT2D eigenvalue weighted by molar-refractivity contribution is 5.39. The SMILES string of the molecule is CCCCCc1nc(C2CCCC2)n(CCCC)c1N. The standard InChI is InChI=1S/C17H31N3/c1-3-5-7-12-15-16(18)20(13-6-4-2)17(19-15)14-10-8-9-11-14/h14H,3-13,18H2,1-2H3. The molecule has 0 amide bonds. The molecule has 1 aromatic rings. The summed E-state index contributed by atoms with van der Waals surface area (Å²) in [7, 11) is 0.